The van der Waals surface area contributed by atoms with Gasteiger partial charge in [-0.25, -0.2) is 0 Å². The van der Waals surface area contributed by atoms with Crippen LogP contribution in [0.5, 0.6) is 0 Å². The van der Waals surface area contributed by atoms with Gasteiger partial charge in [0.05, 0.1) is 11.1 Å². The molecule has 6 nitrogen and oxygen atoms in total. The first kappa shape index (κ1) is 17.4. The van der Waals surface area contributed by atoms with Crippen LogP contribution in [0, 0.1) is 12.8 Å². The van der Waals surface area contributed by atoms with E-state index in [-0.39, 0.29) is 18.3 Å². The fourth-order valence-electron chi connectivity index (χ4n) is 2.70. The minimum absolute atomic E-state index is 0. The Morgan fingerprint density at radius 3 is 2.96 bits per heavy atom. The Hall–Kier alpha value is -1.92. The van der Waals surface area contributed by atoms with E-state index in [0.717, 1.165) is 19.5 Å². The molecule has 7 heteroatoms. The molecule has 0 spiro atoms. The van der Waals surface area contributed by atoms with Crippen molar-refractivity contribution in [2.45, 2.75) is 19.8 Å². The lowest BCUT2D eigenvalue weighted by atomic mass is 9.99. The topological polar surface area (TPSA) is 80.0 Å². The number of rotatable bonds is 4. The van der Waals surface area contributed by atoms with Crippen molar-refractivity contribution in [1.82, 2.24) is 20.8 Å². The Bertz CT molecular complexity index is 653. The van der Waals surface area contributed by atoms with Gasteiger partial charge in [0.1, 0.15) is 0 Å². The van der Waals surface area contributed by atoms with Crippen molar-refractivity contribution in [3.63, 3.8) is 0 Å². The first-order chi connectivity index (χ1) is 10.7. The molecule has 1 aliphatic heterocycles. The van der Waals surface area contributed by atoms with Crippen LogP contribution in [0.15, 0.2) is 28.8 Å². The van der Waals surface area contributed by atoms with Crippen molar-refractivity contribution >= 4 is 18.3 Å². The second kappa shape index (κ2) is 8.08. The maximum Gasteiger partial charge on any atom is 0.258 e. The van der Waals surface area contributed by atoms with Crippen molar-refractivity contribution in [1.29, 1.82) is 0 Å². The van der Waals surface area contributed by atoms with Crippen LogP contribution in [0.1, 0.15) is 29.0 Å². The van der Waals surface area contributed by atoms with Gasteiger partial charge in [0, 0.05) is 6.54 Å². The quantitative estimate of drug-likeness (QED) is 0.894. The number of nitrogens with zero attached hydrogens (tertiary/aromatic N) is 2. The van der Waals surface area contributed by atoms with Crippen molar-refractivity contribution in [3.8, 4) is 11.5 Å². The number of benzene rings is 1. The summed E-state index contributed by atoms with van der Waals surface area (Å²) in [4.78, 5) is 16.7. The van der Waals surface area contributed by atoms with E-state index in [1.807, 2.05) is 18.2 Å². The second-order valence-electron chi connectivity index (χ2n) is 5.61. The molecule has 0 radical (unpaired) electrons. The summed E-state index contributed by atoms with van der Waals surface area (Å²) in [6.45, 7) is 4.48. The molecule has 1 saturated heterocycles. The van der Waals surface area contributed by atoms with Gasteiger partial charge in [-0.3, -0.25) is 4.79 Å². The molecule has 1 aromatic heterocycles. The second-order valence-corrected chi connectivity index (χ2v) is 5.61. The third-order valence-electron chi connectivity index (χ3n) is 3.88. The normalized spacial score (nSPS) is 17.3. The molecular weight excluding hydrogens is 316 g/mol. The number of hydrogen-bond donors (Lipinski definition) is 2. The van der Waals surface area contributed by atoms with Gasteiger partial charge in [-0.2, -0.15) is 4.98 Å². The zero-order chi connectivity index (χ0) is 15.4. The monoisotopic (exact) mass is 336 g/mol. The Balaban J connectivity index is 0.00000192. The zero-order valence-electron chi connectivity index (χ0n) is 13.0. The molecule has 1 fully saturated rings. The van der Waals surface area contributed by atoms with Crippen molar-refractivity contribution < 1.29 is 9.32 Å². The average molecular weight is 337 g/mol. The van der Waals surface area contributed by atoms with Gasteiger partial charge in [0.15, 0.2) is 5.82 Å². The number of aryl methyl sites for hydroxylation is 1. The lowest BCUT2D eigenvalue weighted by molar-refractivity contribution is 0.0945. The molecule has 1 aliphatic rings. The van der Waals surface area contributed by atoms with Crippen molar-refractivity contribution in [2.24, 2.45) is 5.92 Å². The van der Waals surface area contributed by atoms with Gasteiger partial charge < -0.3 is 15.2 Å². The Morgan fingerprint density at radius 2 is 2.26 bits per heavy atom. The number of amides is 1. The van der Waals surface area contributed by atoms with E-state index in [0.29, 0.717) is 35.3 Å². The molecule has 23 heavy (non-hydrogen) atoms. The predicted molar refractivity (Wildman–Crippen MR) is 89.6 cm³/mol. The minimum Gasteiger partial charge on any atom is -0.352 e. The average Bonchev–Trinajstić information content (AvgIpc) is 3.00. The summed E-state index contributed by atoms with van der Waals surface area (Å²) in [5.41, 5.74) is 1.23. The van der Waals surface area contributed by atoms with Gasteiger partial charge in [-0.15, -0.1) is 12.4 Å². The number of carbonyl (C=O) groups excluding carboxylic acids is 1. The number of halogens is 1. The Labute approximate surface area is 141 Å². The van der Waals surface area contributed by atoms with Crippen LogP contribution in [-0.4, -0.2) is 35.7 Å². The molecule has 2 heterocycles. The summed E-state index contributed by atoms with van der Waals surface area (Å²) < 4.78 is 5.18. The number of carbonyl (C=O) groups is 1. The number of hydrogen-bond acceptors (Lipinski definition) is 5. The summed E-state index contributed by atoms with van der Waals surface area (Å²) >= 11 is 0. The van der Waals surface area contributed by atoms with E-state index in [9.17, 15) is 4.79 Å². The van der Waals surface area contributed by atoms with Crippen LogP contribution in [0.25, 0.3) is 11.5 Å². The van der Waals surface area contributed by atoms with Crippen LogP contribution in [0.3, 0.4) is 0 Å². The first-order valence-electron chi connectivity index (χ1n) is 7.62. The highest BCUT2D eigenvalue weighted by Gasteiger charge is 2.18. The summed E-state index contributed by atoms with van der Waals surface area (Å²) in [5.74, 6) is 1.33. The van der Waals surface area contributed by atoms with E-state index in [1.165, 1.54) is 6.42 Å². The standard InChI is InChI=1S/C16H20N4O2.ClH/c1-11-19-16(22-20-11)14-7-3-2-6-13(14)15(21)18-10-12-5-4-8-17-9-12;/h2-3,6-7,12,17H,4-5,8-10H2,1H3,(H,18,21);1H. The van der Waals surface area contributed by atoms with Crippen LogP contribution >= 0.6 is 12.4 Å². The van der Waals surface area contributed by atoms with Gasteiger partial charge in [0.2, 0.25) is 0 Å². The summed E-state index contributed by atoms with van der Waals surface area (Å²) in [7, 11) is 0. The van der Waals surface area contributed by atoms with Gasteiger partial charge in [-0.1, -0.05) is 17.3 Å². The maximum atomic E-state index is 12.5. The number of aromatic nitrogens is 2. The SMILES string of the molecule is Cc1noc(-c2ccccc2C(=O)NCC2CCCNC2)n1.Cl. The first-order valence-corrected chi connectivity index (χ1v) is 7.62. The largest absolute Gasteiger partial charge is 0.352 e. The lowest BCUT2D eigenvalue weighted by Gasteiger charge is -2.23. The van der Waals surface area contributed by atoms with E-state index in [1.54, 1.807) is 13.0 Å². The summed E-state index contributed by atoms with van der Waals surface area (Å²) in [5, 5.41) is 10.2. The van der Waals surface area contributed by atoms with Crippen LogP contribution in [0.2, 0.25) is 0 Å². The molecule has 1 amide bonds. The van der Waals surface area contributed by atoms with E-state index < -0.39 is 0 Å². The highest BCUT2D eigenvalue weighted by atomic mass is 35.5. The number of piperidine rings is 1. The van der Waals surface area contributed by atoms with E-state index in [4.69, 9.17) is 4.52 Å². The molecular formula is C16H21ClN4O2. The van der Waals surface area contributed by atoms with Gasteiger partial charge in [-0.05, 0) is 50.9 Å². The molecule has 124 valence electrons. The summed E-state index contributed by atoms with van der Waals surface area (Å²) in [6, 6.07) is 7.30. The molecule has 1 aromatic carbocycles. The molecule has 2 aromatic rings. The molecule has 3 rings (SSSR count). The van der Waals surface area contributed by atoms with Crippen molar-refractivity contribution in [3.05, 3.63) is 35.7 Å². The zero-order valence-corrected chi connectivity index (χ0v) is 13.9. The third-order valence-corrected chi connectivity index (χ3v) is 3.88. The van der Waals surface area contributed by atoms with Crippen LogP contribution in [-0.2, 0) is 0 Å². The molecule has 1 unspecified atom stereocenters. The maximum absolute atomic E-state index is 12.5. The molecule has 2 N–H and O–H groups in total. The highest BCUT2D eigenvalue weighted by molar-refractivity contribution is 5.99. The molecule has 1 atom stereocenters. The predicted octanol–water partition coefficient (Wildman–Crippen LogP) is 2.20. The highest BCUT2D eigenvalue weighted by Crippen LogP contribution is 2.22. The van der Waals surface area contributed by atoms with Crippen LogP contribution in [0.4, 0.5) is 0 Å². The van der Waals surface area contributed by atoms with Gasteiger partial charge in [0.25, 0.3) is 11.8 Å². The smallest absolute Gasteiger partial charge is 0.258 e. The summed E-state index contributed by atoms with van der Waals surface area (Å²) in [6.07, 6.45) is 2.32. The minimum atomic E-state index is -0.1000. The molecule has 0 bridgehead atoms. The fourth-order valence-corrected chi connectivity index (χ4v) is 2.70. The fraction of sp³-hybridized carbons (Fsp3) is 0.438. The Morgan fingerprint density at radius 1 is 1.43 bits per heavy atom. The lowest BCUT2D eigenvalue weighted by Crippen LogP contribution is -2.38. The Kier molecular flexibility index (Phi) is 6.12. The van der Waals surface area contributed by atoms with E-state index >= 15 is 0 Å². The third kappa shape index (κ3) is 4.30. The molecule has 0 aliphatic carbocycles. The van der Waals surface area contributed by atoms with Gasteiger partial charge >= 0.3 is 0 Å². The molecule has 0 saturated carbocycles. The van der Waals surface area contributed by atoms with Crippen LogP contribution < -0.4 is 10.6 Å². The van der Waals surface area contributed by atoms with E-state index in [2.05, 4.69) is 20.8 Å². The van der Waals surface area contributed by atoms with Crippen molar-refractivity contribution in [2.75, 3.05) is 19.6 Å². The number of nitrogens with one attached hydrogen (secondary N) is 2.